The molecule has 8 heteroatoms. The zero-order valence-electron chi connectivity index (χ0n) is 20.0. The Morgan fingerprint density at radius 2 is 1.55 bits per heavy atom. The number of nitrogens with one attached hydrogen (secondary N) is 1. The van der Waals surface area contributed by atoms with E-state index < -0.39 is 0 Å². The van der Waals surface area contributed by atoms with Crippen molar-refractivity contribution in [3.05, 3.63) is 94.5 Å². The van der Waals surface area contributed by atoms with Crippen molar-refractivity contribution < 1.29 is 19.1 Å². The van der Waals surface area contributed by atoms with Crippen LogP contribution >= 0.6 is 23.2 Å². The second-order valence-corrected chi connectivity index (χ2v) is 11.2. The Bertz CT molecular complexity index is 1500. The molecule has 4 aliphatic carbocycles. The van der Waals surface area contributed by atoms with E-state index in [0.29, 0.717) is 50.3 Å². The van der Waals surface area contributed by atoms with Crippen molar-refractivity contribution in [3.8, 4) is 11.5 Å². The summed E-state index contributed by atoms with van der Waals surface area (Å²) in [5.41, 5.74) is 1.37. The van der Waals surface area contributed by atoms with Crippen molar-refractivity contribution in [2.45, 2.75) is 6.42 Å². The van der Waals surface area contributed by atoms with E-state index in [1.165, 1.54) is 4.90 Å². The first-order valence-corrected chi connectivity index (χ1v) is 13.3. The van der Waals surface area contributed by atoms with E-state index in [1.54, 1.807) is 66.7 Å². The number of allylic oxidation sites excluding steroid dienone is 2. The molecule has 0 unspecified atom stereocenters. The van der Waals surface area contributed by atoms with Gasteiger partial charge in [-0.25, -0.2) is 4.90 Å². The highest BCUT2D eigenvalue weighted by Crippen LogP contribution is 2.65. The Labute approximate surface area is 229 Å². The van der Waals surface area contributed by atoms with Crippen LogP contribution in [0.5, 0.6) is 11.5 Å². The van der Waals surface area contributed by atoms with Gasteiger partial charge in [0.25, 0.3) is 5.91 Å². The van der Waals surface area contributed by atoms with Crippen molar-refractivity contribution in [1.82, 2.24) is 0 Å². The van der Waals surface area contributed by atoms with Gasteiger partial charge in [-0.05, 0) is 90.8 Å². The number of ether oxygens (including phenoxy) is 1. The maximum absolute atomic E-state index is 13.4. The minimum absolute atomic E-state index is 0.140. The van der Waals surface area contributed by atoms with Crippen LogP contribution in [-0.4, -0.2) is 17.7 Å². The van der Waals surface area contributed by atoms with E-state index in [4.69, 9.17) is 27.9 Å². The van der Waals surface area contributed by atoms with Crippen LogP contribution in [0.15, 0.2) is 78.9 Å². The molecule has 3 aromatic rings. The molecule has 190 valence electrons. The van der Waals surface area contributed by atoms with Gasteiger partial charge in [0, 0.05) is 16.3 Å². The molecular weight excluding hydrogens is 523 g/mol. The van der Waals surface area contributed by atoms with E-state index in [2.05, 4.69) is 17.5 Å². The molecule has 3 aromatic carbocycles. The average molecular weight is 545 g/mol. The van der Waals surface area contributed by atoms with Crippen molar-refractivity contribution in [3.63, 3.8) is 0 Å². The second kappa shape index (κ2) is 8.72. The molecule has 6 atom stereocenters. The predicted octanol–water partition coefficient (Wildman–Crippen LogP) is 6.60. The lowest BCUT2D eigenvalue weighted by atomic mass is 9.63. The van der Waals surface area contributed by atoms with E-state index in [9.17, 15) is 14.4 Å². The van der Waals surface area contributed by atoms with E-state index in [1.807, 2.05) is 0 Å². The van der Waals surface area contributed by atoms with Gasteiger partial charge in [-0.1, -0.05) is 41.4 Å². The lowest BCUT2D eigenvalue weighted by molar-refractivity contribution is -0.124. The van der Waals surface area contributed by atoms with Crippen molar-refractivity contribution in [2.24, 2.45) is 35.5 Å². The van der Waals surface area contributed by atoms with Crippen molar-refractivity contribution in [1.29, 1.82) is 0 Å². The topological polar surface area (TPSA) is 75.7 Å². The zero-order valence-corrected chi connectivity index (χ0v) is 21.5. The number of halogens is 2. The lowest BCUT2D eigenvalue weighted by Crippen LogP contribution is -2.40. The van der Waals surface area contributed by atoms with Crippen LogP contribution in [0.25, 0.3) is 0 Å². The fraction of sp³-hybridized carbons (Fsp3) is 0.233. The van der Waals surface area contributed by atoms with Crippen LogP contribution in [0.1, 0.15) is 16.8 Å². The maximum Gasteiger partial charge on any atom is 0.255 e. The third-order valence-electron chi connectivity index (χ3n) is 8.26. The van der Waals surface area contributed by atoms with Crippen LogP contribution in [0, 0.1) is 35.5 Å². The van der Waals surface area contributed by atoms with Gasteiger partial charge >= 0.3 is 0 Å². The Hall–Kier alpha value is -3.61. The van der Waals surface area contributed by atoms with Gasteiger partial charge in [0.1, 0.15) is 11.5 Å². The first-order valence-electron chi connectivity index (χ1n) is 12.6. The molecule has 3 amide bonds. The summed E-state index contributed by atoms with van der Waals surface area (Å²) in [6.07, 6.45) is 5.42. The summed E-state index contributed by atoms with van der Waals surface area (Å²) >= 11 is 12.1. The van der Waals surface area contributed by atoms with Gasteiger partial charge in [0.05, 0.1) is 22.5 Å². The molecule has 0 aromatic heterocycles. The second-order valence-electron chi connectivity index (χ2n) is 10.4. The summed E-state index contributed by atoms with van der Waals surface area (Å²) in [5, 5.41) is 3.77. The highest BCUT2D eigenvalue weighted by Gasteiger charge is 2.67. The molecule has 1 aliphatic heterocycles. The molecule has 8 rings (SSSR count). The van der Waals surface area contributed by atoms with Crippen LogP contribution in [0.3, 0.4) is 0 Å². The highest BCUT2D eigenvalue weighted by molar-refractivity contribution is 6.35. The van der Waals surface area contributed by atoms with Gasteiger partial charge in [-0.15, -0.1) is 0 Å². The molecule has 5 aliphatic rings. The monoisotopic (exact) mass is 544 g/mol. The lowest BCUT2D eigenvalue weighted by Gasteiger charge is -2.37. The SMILES string of the molecule is O=C(Nc1ccc(Oc2ccc(Cl)cc2Cl)cc1)c1cccc(N2C(=O)[C@H]3[C@@H]4C=C[C@@H]([C@H]5C[C@H]45)[C@@H]3C2=O)c1. The number of anilines is 2. The fourth-order valence-corrected chi connectivity index (χ4v) is 6.94. The standard InChI is InChI=1S/C30H22Cl2N2O4/c31-16-4-11-25(24(32)13-16)38-19-7-5-17(6-8-19)33-28(35)15-2-1-3-18(12-15)34-29(36)26-20-9-10-21(23-14-22(20)23)27(26)30(34)37/h1-13,20-23,26-27H,14H2,(H,33,35)/t20-,21+,22-,23-,26+,27+/m1/s1. The molecule has 0 spiro atoms. The zero-order chi connectivity index (χ0) is 26.1. The van der Waals surface area contributed by atoms with Gasteiger partial charge in [0.15, 0.2) is 0 Å². The maximum atomic E-state index is 13.4. The summed E-state index contributed by atoms with van der Waals surface area (Å²) in [4.78, 5) is 41.2. The molecular formula is C30H22Cl2N2O4. The number of benzene rings is 3. The number of carbonyl (C=O) groups is 3. The molecule has 1 heterocycles. The number of hydrogen-bond acceptors (Lipinski definition) is 4. The summed E-state index contributed by atoms with van der Waals surface area (Å²) in [6, 6.07) is 18.5. The summed E-state index contributed by atoms with van der Waals surface area (Å²) in [5.74, 6) is 1.23. The number of hydrogen-bond donors (Lipinski definition) is 1. The quantitative estimate of drug-likeness (QED) is 0.290. The average Bonchev–Trinajstić information content (AvgIpc) is 3.69. The summed E-state index contributed by atoms with van der Waals surface area (Å²) < 4.78 is 5.79. The predicted molar refractivity (Wildman–Crippen MR) is 145 cm³/mol. The number of amides is 3. The van der Waals surface area contributed by atoms with E-state index in [-0.39, 0.29) is 41.4 Å². The molecule has 1 N–H and O–H groups in total. The summed E-state index contributed by atoms with van der Waals surface area (Å²) in [7, 11) is 0. The minimum atomic E-state index is -0.347. The third kappa shape index (κ3) is 3.74. The number of carbonyl (C=O) groups excluding carboxylic acids is 3. The van der Waals surface area contributed by atoms with Crippen LogP contribution in [-0.2, 0) is 9.59 Å². The number of rotatable bonds is 5. The molecule has 1 saturated heterocycles. The fourth-order valence-electron chi connectivity index (χ4n) is 6.49. The van der Waals surface area contributed by atoms with Crippen molar-refractivity contribution >= 4 is 52.3 Å². The molecule has 2 bridgehead atoms. The van der Waals surface area contributed by atoms with Gasteiger partial charge in [-0.3, -0.25) is 14.4 Å². The van der Waals surface area contributed by atoms with Crippen molar-refractivity contribution in [2.75, 3.05) is 10.2 Å². The van der Waals surface area contributed by atoms with Gasteiger partial charge in [-0.2, -0.15) is 0 Å². The highest BCUT2D eigenvalue weighted by atomic mass is 35.5. The summed E-state index contributed by atoms with van der Waals surface area (Å²) in [6.45, 7) is 0. The Morgan fingerprint density at radius 3 is 2.21 bits per heavy atom. The largest absolute Gasteiger partial charge is 0.456 e. The first kappa shape index (κ1) is 23.5. The first-order chi connectivity index (χ1) is 18.4. The molecule has 2 saturated carbocycles. The molecule has 3 fully saturated rings. The molecule has 0 radical (unpaired) electrons. The van der Waals surface area contributed by atoms with Crippen LogP contribution in [0.4, 0.5) is 11.4 Å². The number of nitrogens with zero attached hydrogens (tertiary/aromatic N) is 1. The Kier molecular flexibility index (Phi) is 5.39. The van der Waals surface area contributed by atoms with Gasteiger partial charge in [0.2, 0.25) is 11.8 Å². The third-order valence-corrected chi connectivity index (χ3v) is 8.79. The normalized spacial score (nSPS) is 28.2. The van der Waals surface area contributed by atoms with E-state index in [0.717, 1.165) is 6.42 Å². The minimum Gasteiger partial charge on any atom is -0.456 e. The molecule has 6 nitrogen and oxygen atoms in total. The molecule has 38 heavy (non-hydrogen) atoms. The number of imide groups is 1. The van der Waals surface area contributed by atoms with Crippen LogP contribution < -0.4 is 15.0 Å². The Morgan fingerprint density at radius 1 is 0.868 bits per heavy atom. The Balaban J connectivity index is 1.06. The smallest absolute Gasteiger partial charge is 0.255 e. The van der Waals surface area contributed by atoms with Crippen LogP contribution in [0.2, 0.25) is 10.0 Å². The van der Waals surface area contributed by atoms with E-state index >= 15 is 0 Å². The van der Waals surface area contributed by atoms with Gasteiger partial charge < -0.3 is 10.1 Å².